The lowest BCUT2D eigenvalue weighted by molar-refractivity contribution is -0.0191. The number of hydrogen-bond acceptors (Lipinski definition) is 6. The van der Waals surface area contributed by atoms with E-state index in [0.717, 1.165) is 46.1 Å². The highest BCUT2D eigenvalue weighted by Gasteiger charge is 2.31. The molecule has 43 heavy (non-hydrogen) atoms. The second-order valence-electron chi connectivity index (χ2n) is 10.9. The lowest BCUT2D eigenvalue weighted by Gasteiger charge is -2.38. The molecule has 0 spiro atoms. The van der Waals surface area contributed by atoms with Gasteiger partial charge in [-0.3, -0.25) is 14.6 Å². The van der Waals surface area contributed by atoms with Crippen LogP contribution in [0, 0.1) is 11.8 Å². The summed E-state index contributed by atoms with van der Waals surface area (Å²) < 4.78 is 11.0. The van der Waals surface area contributed by atoms with E-state index in [0.29, 0.717) is 43.1 Å². The molecule has 4 aromatic rings. The van der Waals surface area contributed by atoms with Crippen molar-refractivity contribution in [3.63, 3.8) is 0 Å². The Morgan fingerprint density at radius 2 is 1.98 bits per heavy atom. The van der Waals surface area contributed by atoms with Crippen LogP contribution in [0.4, 0.5) is 0 Å². The Labute approximate surface area is 251 Å². The molecule has 1 atom stereocenters. The number of rotatable bonds is 7. The molecule has 2 aliphatic heterocycles. The molecule has 8 nitrogen and oxygen atoms in total. The third-order valence-corrected chi connectivity index (χ3v) is 7.91. The zero-order valence-corrected chi connectivity index (χ0v) is 24.4. The van der Waals surface area contributed by atoms with Crippen LogP contribution in [0.3, 0.4) is 0 Å². The van der Waals surface area contributed by atoms with Crippen molar-refractivity contribution in [2.24, 2.45) is 0 Å². The summed E-state index contributed by atoms with van der Waals surface area (Å²) in [5.41, 5.74) is 6.45. The summed E-state index contributed by atoms with van der Waals surface area (Å²) in [6, 6.07) is 19.1. The highest BCUT2D eigenvalue weighted by atomic mass is 16.5. The Morgan fingerprint density at radius 1 is 1.09 bits per heavy atom. The Kier molecular flexibility index (Phi) is 8.45. The van der Waals surface area contributed by atoms with Crippen molar-refractivity contribution >= 4 is 22.7 Å². The molecule has 1 N–H and O–H groups in total. The van der Waals surface area contributed by atoms with Gasteiger partial charge in [-0.05, 0) is 60.0 Å². The lowest BCUT2D eigenvalue weighted by atomic mass is 9.91. The molecule has 1 fully saturated rings. The number of amides is 2. The number of hydrogen-bond donors (Lipinski definition) is 1. The van der Waals surface area contributed by atoms with Crippen molar-refractivity contribution in [2.45, 2.75) is 44.9 Å². The fourth-order valence-corrected chi connectivity index (χ4v) is 5.34. The number of methoxy groups -OCH3 is 1. The first-order valence-corrected chi connectivity index (χ1v) is 14.7. The zero-order valence-electron chi connectivity index (χ0n) is 24.4. The van der Waals surface area contributed by atoms with E-state index in [-0.39, 0.29) is 30.4 Å². The smallest absolute Gasteiger partial charge is 0.254 e. The lowest BCUT2D eigenvalue weighted by Crippen LogP contribution is -2.54. The largest absolute Gasteiger partial charge is 0.378 e. The molecule has 0 bridgehead atoms. The van der Waals surface area contributed by atoms with Gasteiger partial charge in [-0.25, -0.2) is 4.98 Å². The van der Waals surface area contributed by atoms with Crippen LogP contribution in [0.1, 0.15) is 63.2 Å². The Hall–Kier alpha value is -4.58. The Bertz CT molecular complexity index is 1740. The summed E-state index contributed by atoms with van der Waals surface area (Å²) in [5, 5.41) is 3.89. The second-order valence-corrected chi connectivity index (χ2v) is 10.9. The second kappa shape index (κ2) is 12.7. The number of likely N-dealkylation sites (tertiary alicyclic amines) is 1. The van der Waals surface area contributed by atoms with Gasteiger partial charge in [0.2, 0.25) is 0 Å². The highest BCUT2D eigenvalue weighted by Crippen LogP contribution is 2.28. The van der Waals surface area contributed by atoms with Gasteiger partial charge < -0.3 is 19.7 Å². The SMILES string of the molecule is CCCC#CC1COCc2ccc(C(=O)NCc3cc4nc(-c5cccc(C(=O)N6CC(OC)C6)c5)ccc4cn3)cc21. The van der Waals surface area contributed by atoms with E-state index in [9.17, 15) is 9.59 Å². The van der Waals surface area contributed by atoms with Crippen LogP contribution < -0.4 is 5.32 Å². The molecule has 2 aliphatic rings. The zero-order chi connectivity index (χ0) is 29.8. The molecule has 0 radical (unpaired) electrons. The van der Waals surface area contributed by atoms with E-state index in [1.807, 2.05) is 60.7 Å². The van der Waals surface area contributed by atoms with E-state index in [1.165, 1.54) is 0 Å². The molecule has 4 heterocycles. The van der Waals surface area contributed by atoms with Gasteiger partial charge >= 0.3 is 0 Å². The molecule has 0 aliphatic carbocycles. The number of benzene rings is 2. The van der Waals surface area contributed by atoms with Gasteiger partial charge in [-0.2, -0.15) is 0 Å². The molecule has 218 valence electrons. The van der Waals surface area contributed by atoms with Crippen LogP contribution in [-0.4, -0.2) is 59.6 Å². The maximum absolute atomic E-state index is 13.1. The van der Waals surface area contributed by atoms with Gasteiger partial charge in [0.05, 0.1) is 48.7 Å². The Balaban J connectivity index is 1.15. The minimum atomic E-state index is -0.168. The van der Waals surface area contributed by atoms with Crippen molar-refractivity contribution in [1.29, 1.82) is 0 Å². The van der Waals surface area contributed by atoms with E-state index >= 15 is 0 Å². The number of carbonyl (C=O) groups excluding carboxylic acids is 2. The highest BCUT2D eigenvalue weighted by molar-refractivity contribution is 5.96. The number of unbranched alkanes of at least 4 members (excludes halogenated alkanes) is 1. The fourth-order valence-electron chi connectivity index (χ4n) is 5.34. The van der Waals surface area contributed by atoms with Gasteiger partial charge in [-0.15, -0.1) is 5.92 Å². The van der Waals surface area contributed by atoms with Gasteiger partial charge in [0.25, 0.3) is 11.8 Å². The predicted octanol–water partition coefficient (Wildman–Crippen LogP) is 5.11. The maximum Gasteiger partial charge on any atom is 0.254 e. The minimum absolute atomic E-state index is 0.00892. The average Bonchev–Trinajstić information content (AvgIpc) is 3.02. The summed E-state index contributed by atoms with van der Waals surface area (Å²) in [5.74, 6) is 6.33. The van der Waals surface area contributed by atoms with E-state index in [4.69, 9.17) is 14.5 Å². The fraction of sp³-hybridized carbons (Fsp3) is 0.314. The molecule has 2 amide bonds. The first-order valence-electron chi connectivity index (χ1n) is 14.7. The van der Waals surface area contributed by atoms with Gasteiger partial charge in [0.1, 0.15) is 0 Å². The molecule has 6 rings (SSSR count). The number of nitrogens with one attached hydrogen (secondary N) is 1. The van der Waals surface area contributed by atoms with Crippen LogP contribution in [0.25, 0.3) is 22.2 Å². The third kappa shape index (κ3) is 6.29. The standard InChI is InChI=1S/C35H34N4O4/c1-3-4-5-7-27-21-43-22-28-11-10-24(15-31(27)28)34(40)37-18-29-16-33-26(17-36-29)12-13-32(38-33)23-8-6-9-25(14-23)35(41)39-19-30(20-39)42-2/h6,8-17,27,30H,3-4,18-22H2,1-2H3,(H,37,40). The number of fused-ring (bicyclic) bond motifs is 2. The van der Waals surface area contributed by atoms with E-state index in [1.54, 1.807) is 18.2 Å². The van der Waals surface area contributed by atoms with Crippen molar-refractivity contribution in [2.75, 3.05) is 26.8 Å². The topological polar surface area (TPSA) is 93.6 Å². The Morgan fingerprint density at radius 3 is 2.81 bits per heavy atom. The molecule has 8 heteroatoms. The molecular weight excluding hydrogens is 540 g/mol. The molecule has 2 aromatic carbocycles. The van der Waals surface area contributed by atoms with Crippen molar-refractivity contribution in [1.82, 2.24) is 20.2 Å². The van der Waals surface area contributed by atoms with E-state index in [2.05, 4.69) is 29.1 Å². The number of pyridine rings is 2. The van der Waals surface area contributed by atoms with Gasteiger partial charge in [-0.1, -0.05) is 31.0 Å². The van der Waals surface area contributed by atoms with Gasteiger partial charge in [0, 0.05) is 54.9 Å². The van der Waals surface area contributed by atoms with Crippen molar-refractivity contribution in [3.8, 4) is 23.1 Å². The average molecular weight is 575 g/mol. The first kappa shape index (κ1) is 28.5. The third-order valence-electron chi connectivity index (χ3n) is 7.91. The summed E-state index contributed by atoms with van der Waals surface area (Å²) in [4.78, 5) is 37.2. The van der Waals surface area contributed by atoms with E-state index < -0.39 is 0 Å². The van der Waals surface area contributed by atoms with Crippen molar-refractivity contribution in [3.05, 3.63) is 94.8 Å². The molecule has 2 aromatic heterocycles. The molecule has 0 saturated carbocycles. The molecule has 1 unspecified atom stereocenters. The van der Waals surface area contributed by atoms with Crippen molar-refractivity contribution < 1.29 is 19.1 Å². The van der Waals surface area contributed by atoms with Crippen LogP contribution >= 0.6 is 0 Å². The minimum Gasteiger partial charge on any atom is -0.378 e. The molecular formula is C35H34N4O4. The van der Waals surface area contributed by atoms with Crippen LogP contribution in [0.5, 0.6) is 0 Å². The normalized spacial score (nSPS) is 16.1. The summed E-state index contributed by atoms with van der Waals surface area (Å²) in [7, 11) is 1.67. The molecule has 1 saturated heterocycles. The number of carbonyl (C=O) groups is 2. The summed E-state index contributed by atoms with van der Waals surface area (Å²) in [6.07, 6.45) is 3.74. The number of ether oxygens (including phenoxy) is 2. The van der Waals surface area contributed by atoms with Gasteiger partial charge in [0.15, 0.2) is 0 Å². The maximum atomic E-state index is 13.1. The quantitative estimate of drug-likeness (QED) is 0.308. The number of aromatic nitrogens is 2. The monoisotopic (exact) mass is 574 g/mol. The van der Waals surface area contributed by atoms with Crippen LogP contribution in [0.2, 0.25) is 0 Å². The first-order chi connectivity index (χ1) is 21.0. The van der Waals surface area contributed by atoms with Crippen LogP contribution in [-0.2, 0) is 22.6 Å². The predicted molar refractivity (Wildman–Crippen MR) is 164 cm³/mol. The summed E-state index contributed by atoms with van der Waals surface area (Å²) >= 11 is 0. The van der Waals surface area contributed by atoms with Crippen LogP contribution in [0.15, 0.2) is 66.9 Å². The number of nitrogens with zero attached hydrogens (tertiary/aromatic N) is 3. The summed E-state index contributed by atoms with van der Waals surface area (Å²) in [6.45, 7) is 4.66.